The van der Waals surface area contributed by atoms with E-state index < -0.39 is 9.84 Å². The molecule has 0 atom stereocenters. The molecule has 0 N–H and O–H groups in total. The van der Waals surface area contributed by atoms with Gasteiger partial charge in [-0.1, -0.05) is 60.2 Å². The predicted molar refractivity (Wildman–Crippen MR) is 97.2 cm³/mol. The summed E-state index contributed by atoms with van der Waals surface area (Å²) in [6, 6.07) is 17.1. The van der Waals surface area contributed by atoms with Crippen LogP contribution in [0.2, 0.25) is 0 Å². The fourth-order valence-corrected chi connectivity index (χ4v) is 3.60. The Kier molecular flexibility index (Phi) is 5.09. The van der Waals surface area contributed by atoms with E-state index in [1.165, 1.54) is 0 Å². The smallest absolute Gasteiger partial charge is 0.240 e. The summed E-state index contributed by atoms with van der Waals surface area (Å²) >= 11 is 0. The van der Waals surface area contributed by atoms with E-state index in [1.807, 2.05) is 67.6 Å². The zero-order valence-corrected chi connectivity index (χ0v) is 14.6. The minimum Gasteiger partial charge on any atom is -0.420 e. The van der Waals surface area contributed by atoms with E-state index in [1.54, 1.807) is 6.08 Å². The first-order chi connectivity index (χ1) is 12.0. The van der Waals surface area contributed by atoms with Gasteiger partial charge in [-0.3, -0.25) is 0 Å². The first kappa shape index (κ1) is 17.1. The van der Waals surface area contributed by atoms with Crippen molar-refractivity contribution < 1.29 is 12.8 Å². The Morgan fingerprint density at radius 2 is 1.64 bits per heavy atom. The van der Waals surface area contributed by atoms with Crippen molar-refractivity contribution in [2.45, 2.75) is 18.4 Å². The average molecular weight is 354 g/mol. The van der Waals surface area contributed by atoms with Crippen LogP contribution in [0.5, 0.6) is 0 Å². The summed E-state index contributed by atoms with van der Waals surface area (Å²) in [4.78, 5) is 0. The fourth-order valence-electron chi connectivity index (χ4n) is 2.30. The van der Waals surface area contributed by atoms with Crippen molar-refractivity contribution in [3.63, 3.8) is 0 Å². The molecule has 0 aliphatic carbocycles. The summed E-state index contributed by atoms with van der Waals surface area (Å²) in [6.07, 6.45) is 3.50. The number of nitrogens with zero attached hydrogens (tertiary/aromatic N) is 2. The summed E-state index contributed by atoms with van der Waals surface area (Å²) in [5.41, 5.74) is 2.83. The maximum Gasteiger partial charge on any atom is 0.240 e. The Balaban J connectivity index is 1.66. The minimum atomic E-state index is -3.37. The minimum absolute atomic E-state index is 0.0507. The van der Waals surface area contributed by atoms with E-state index in [0.29, 0.717) is 0 Å². The van der Waals surface area contributed by atoms with Crippen molar-refractivity contribution in [2.75, 3.05) is 0 Å². The molecule has 0 saturated carbocycles. The van der Waals surface area contributed by atoms with Crippen LogP contribution in [0.3, 0.4) is 0 Å². The van der Waals surface area contributed by atoms with Gasteiger partial charge >= 0.3 is 0 Å². The summed E-state index contributed by atoms with van der Waals surface area (Å²) in [7, 11) is -3.37. The second kappa shape index (κ2) is 7.44. The number of aryl methyl sites for hydroxylation is 1. The third kappa shape index (κ3) is 5.12. The van der Waals surface area contributed by atoms with Crippen LogP contribution >= 0.6 is 0 Å². The zero-order valence-electron chi connectivity index (χ0n) is 13.8. The Labute approximate surface area is 147 Å². The lowest BCUT2D eigenvalue weighted by Gasteiger charge is -2.02. The number of sulfone groups is 1. The van der Waals surface area contributed by atoms with Crippen molar-refractivity contribution in [1.82, 2.24) is 10.2 Å². The molecule has 0 aliphatic rings. The van der Waals surface area contributed by atoms with Crippen molar-refractivity contribution in [3.05, 3.63) is 83.1 Å². The van der Waals surface area contributed by atoms with Gasteiger partial charge in [-0.25, -0.2) is 8.42 Å². The summed E-state index contributed by atoms with van der Waals surface area (Å²) in [6.45, 7) is 1.96. The van der Waals surface area contributed by atoms with Crippen molar-refractivity contribution in [1.29, 1.82) is 0 Å². The highest BCUT2D eigenvalue weighted by atomic mass is 32.2. The molecule has 0 radical (unpaired) electrons. The lowest BCUT2D eigenvalue weighted by atomic mass is 10.2. The molecular weight excluding hydrogens is 336 g/mol. The first-order valence-corrected chi connectivity index (χ1v) is 9.64. The Morgan fingerprint density at radius 3 is 2.36 bits per heavy atom. The molecule has 3 rings (SSSR count). The molecule has 3 aromatic rings. The van der Waals surface area contributed by atoms with E-state index in [4.69, 9.17) is 4.42 Å². The van der Waals surface area contributed by atoms with Gasteiger partial charge in [0.2, 0.25) is 11.8 Å². The van der Waals surface area contributed by atoms with E-state index in [9.17, 15) is 8.42 Å². The molecular formula is C19H18N2O3S. The quantitative estimate of drug-likeness (QED) is 0.675. The van der Waals surface area contributed by atoms with Crippen LogP contribution in [0.4, 0.5) is 0 Å². The molecule has 25 heavy (non-hydrogen) atoms. The van der Waals surface area contributed by atoms with Crippen LogP contribution in [0.25, 0.3) is 12.2 Å². The van der Waals surface area contributed by atoms with Gasteiger partial charge in [0, 0.05) is 6.08 Å². The monoisotopic (exact) mass is 354 g/mol. The Bertz CT molecular complexity index is 959. The molecule has 1 aromatic heterocycles. The van der Waals surface area contributed by atoms with E-state index >= 15 is 0 Å². The largest absolute Gasteiger partial charge is 0.420 e. The molecule has 1 heterocycles. The van der Waals surface area contributed by atoms with Crippen LogP contribution < -0.4 is 0 Å². The van der Waals surface area contributed by atoms with Gasteiger partial charge < -0.3 is 4.42 Å². The van der Waals surface area contributed by atoms with Gasteiger partial charge in [0.05, 0.1) is 5.75 Å². The number of benzene rings is 2. The zero-order chi connectivity index (χ0) is 17.7. The van der Waals surface area contributed by atoms with Crippen LogP contribution in [0, 0.1) is 6.92 Å². The Morgan fingerprint density at radius 1 is 0.920 bits per heavy atom. The maximum absolute atomic E-state index is 12.3. The van der Waals surface area contributed by atoms with E-state index in [-0.39, 0.29) is 23.3 Å². The molecule has 2 aromatic carbocycles. The SMILES string of the molecule is Cc1ccc(CS(=O)(=O)Cc2nnc(/C=C/c3ccccc3)o2)cc1. The standard InChI is InChI=1S/C19H18N2O3S/c1-15-7-9-17(10-8-15)13-25(22,23)14-19-21-20-18(24-19)12-11-16-5-3-2-4-6-16/h2-12H,13-14H2,1H3/b12-11+. The molecule has 0 aliphatic heterocycles. The van der Waals surface area contributed by atoms with Crippen molar-refractivity contribution in [2.24, 2.45) is 0 Å². The van der Waals surface area contributed by atoms with Gasteiger partial charge in [0.25, 0.3) is 0 Å². The molecule has 6 heteroatoms. The molecule has 0 saturated heterocycles. The molecule has 0 fully saturated rings. The van der Waals surface area contributed by atoms with Crippen LogP contribution in [0.15, 0.2) is 59.0 Å². The topological polar surface area (TPSA) is 73.1 Å². The fraction of sp³-hybridized carbons (Fsp3) is 0.158. The summed E-state index contributed by atoms with van der Waals surface area (Å²) < 4.78 is 30.0. The number of rotatable bonds is 6. The molecule has 0 spiro atoms. The van der Waals surface area contributed by atoms with Gasteiger partial charge in [0.1, 0.15) is 5.75 Å². The predicted octanol–water partition coefficient (Wildman–Crippen LogP) is 3.66. The molecule has 5 nitrogen and oxygen atoms in total. The van der Waals surface area contributed by atoms with E-state index in [0.717, 1.165) is 16.7 Å². The van der Waals surface area contributed by atoms with Crippen LogP contribution in [0.1, 0.15) is 28.5 Å². The third-order valence-corrected chi connectivity index (χ3v) is 5.01. The number of hydrogen-bond acceptors (Lipinski definition) is 5. The number of hydrogen-bond donors (Lipinski definition) is 0. The van der Waals surface area contributed by atoms with Crippen molar-refractivity contribution in [3.8, 4) is 0 Å². The molecule has 0 amide bonds. The van der Waals surface area contributed by atoms with Gasteiger partial charge in [-0.15, -0.1) is 10.2 Å². The highest BCUT2D eigenvalue weighted by Gasteiger charge is 2.17. The first-order valence-electron chi connectivity index (χ1n) is 7.82. The summed E-state index contributed by atoms with van der Waals surface area (Å²) in [5.74, 6) is 0.0574. The van der Waals surface area contributed by atoms with Crippen molar-refractivity contribution >= 4 is 22.0 Å². The normalized spacial score (nSPS) is 11.9. The highest BCUT2D eigenvalue weighted by Crippen LogP contribution is 2.14. The second-order valence-electron chi connectivity index (χ2n) is 5.80. The van der Waals surface area contributed by atoms with Gasteiger partial charge in [-0.2, -0.15) is 0 Å². The Hall–Kier alpha value is -2.73. The van der Waals surface area contributed by atoms with Gasteiger partial charge in [0.15, 0.2) is 9.84 Å². The van der Waals surface area contributed by atoms with Crippen LogP contribution in [-0.2, 0) is 21.3 Å². The lowest BCUT2D eigenvalue weighted by Crippen LogP contribution is -2.08. The number of aromatic nitrogens is 2. The third-order valence-electron chi connectivity index (χ3n) is 3.55. The second-order valence-corrected chi connectivity index (χ2v) is 7.86. The summed E-state index contributed by atoms with van der Waals surface area (Å²) in [5, 5.41) is 7.69. The van der Waals surface area contributed by atoms with Gasteiger partial charge in [-0.05, 0) is 24.1 Å². The molecule has 128 valence electrons. The molecule has 0 unspecified atom stereocenters. The molecule has 0 bridgehead atoms. The average Bonchev–Trinajstić information content (AvgIpc) is 3.02. The lowest BCUT2D eigenvalue weighted by molar-refractivity contribution is 0.498. The maximum atomic E-state index is 12.3. The van der Waals surface area contributed by atoms with Crippen LogP contribution in [-0.4, -0.2) is 18.6 Å². The highest BCUT2D eigenvalue weighted by molar-refractivity contribution is 7.89. The van der Waals surface area contributed by atoms with E-state index in [2.05, 4.69) is 10.2 Å².